The predicted molar refractivity (Wildman–Crippen MR) is 63.0 cm³/mol. The van der Waals surface area contributed by atoms with Gasteiger partial charge in [0.1, 0.15) is 23.3 Å². The fraction of sp³-hybridized carbons (Fsp3) is 0.333. The summed E-state index contributed by atoms with van der Waals surface area (Å²) in [5.41, 5.74) is -0.339. The summed E-state index contributed by atoms with van der Waals surface area (Å²) in [4.78, 5) is 20.5. The molecule has 0 radical (unpaired) electrons. The molecule has 0 heterocycles. The molecule has 0 amide bonds. The highest BCUT2D eigenvalue weighted by atomic mass is 16.5. The molecule has 0 atom stereocenters. The van der Waals surface area contributed by atoms with Crippen molar-refractivity contribution in [2.45, 2.75) is 20.3 Å². The zero-order valence-electron chi connectivity index (χ0n) is 10.3. The summed E-state index contributed by atoms with van der Waals surface area (Å²) < 4.78 is 4.62. The molecule has 0 saturated heterocycles. The van der Waals surface area contributed by atoms with Gasteiger partial charge >= 0.3 is 11.9 Å². The molecule has 0 unspecified atom stereocenters. The first-order valence-corrected chi connectivity index (χ1v) is 5.04. The van der Waals surface area contributed by atoms with E-state index in [1.54, 1.807) is 19.1 Å². The minimum atomic E-state index is -1.26. The van der Waals surface area contributed by atoms with E-state index in [2.05, 4.69) is 11.3 Å². The van der Waals surface area contributed by atoms with Crippen LogP contribution in [0, 0.1) is 22.7 Å². The van der Waals surface area contributed by atoms with Crippen LogP contribution in [0.2, 0.25) is 0 Å². The van der Waals surface area contributed by atoms with Gasteiger partial charge in [0.25, 0.3) is 0 Å². The van der Waals surface area contributed by atoms with Crippen molar-refractivity contribution in [2.75, 3.05) is 6.61 Å². The van der Waals surface area contributed by atoms with Crippen LogP contribution >= 0.6 is 0 Å². The van der Waals surface area contributed by atoms with Gasteiger partial charge in [0.2, 0.25) is 0 Å². The van der Waals surface area contributed by atoms with E-state index in [0.29, 0.717) is 13.0 Å². The molecule has 0 aliphatic carbocycles. The second-order valence-electron chi connectivity index (χ2n) is 2.75. The van der Waals surface area contributed by atoms with Gasteiger partial charge in [-0.2, -0.15) is 10.5 Å². The van der Waals surface area contributed by atoms with Crippen molar-refractivity contribution >= 4 is 11.9 Å². The number of hydrogen-bond donors (Lipinski definition) is 1. The van der Waals surface area contributed by atoms with E-state index in [-0.39, 0.29) is 5.57 Å². The third kappa shape index (κ3) is 8.69. The van der Waals surface area contributed by atoms with Crippen LogP contribution in [0.25, 0.3) is 0 Å². The number of carboxylic acid groups (broad SMARTS) is 1. The SMILES string of the molecule is C=C(C#N)C(=O)O.CCC=C(C#N)C(=O)OCC. The Morgan fingerprint density at radius 3 is 2.11 bits per heavy atom. The third-order valence-corrected chi connectivity index (χ3v) is 1.42. The molecule has 0 spiro atoms. The highest BCUT2D eigenvalue weighted by Gasteiger charge is 2.07. The Bertz CT molecular complexity index is 424. The van der Waals surface area contributed by atoms with Crippen LogP contribution in [-0.2, 0) is 14.3 Å². The molecule has 0 fully saturated rings. The van der Waals surface area contributed by atoms with Gasteiger partial charge in [-0.15, -0.1) is 0 Å². The monoisotopic (exact) mass is 250 g/mol. The van der Waals surface area contributed by atoms with Crippen LogP contribution in [0.4, 0.5) is 0 Å². The second kappa shape index (κ2) is 10.9. The van der Waals surface area contributed by atoms with Crippen LogP contribution in [0.15, 0.2) is 23.8 Å². The molecular weight excluding hydrogens is 236 g/mol. The van der Waals surface area contributed by atoms with Gasteiger partial charge in [-0.05, 0) is 13.3 Å². The summed E-state index contributed by atoms with van der Waals surface area (Å²) in [6.07, 6.45) is 2.22. The average molecular weight is 250 g/mol. The van der Waals surface area contributed by atoms with Gasteiger partial charge in [-0.25, -0.2) is 9.59 Å². The lowest BCUT2D eigenvalue weighted by Crippen LogP contribution is -2.05. The molecule has 0 aromatic heterocycles. The van der Waals surface area contributed by atoms with Gasteiger partial charge in [0.05, 0.1) is 6.61 Å². The number of nitrogens with zero attached hydrogens (tertiary/aromatic N) is 2. The fourth-order valence-corrected chi connectivity index (χ4v) is 0.635. The van der Waals surface area contributed by atoms with Gasteiger partial charge in [0.15, 0.2) is 0 Å². The molecule has 0 aliphatic rings. The third-order valence-electron chi connectivity index (χ3n) is 1.42. The smallest absolute Gasteiger partial charge is 0.348 e. The minimum absolute atomic E-state index is 0.0920. The van der Waals surface area contributed by atoms with Crippen LogP contribution in [0.1, 0.15) is 20.3 Å². The Kier molecular flexibility index (Phi) is 10.8. The molecule has 0 rings (SSSR count). The Morgan fingerprint density at radius 1 is 1.33 bits per heavy atom. The topological polar surface area (TPSA) is 111 Å². The summed E-state index contributed by atoms with van der Waals surface area (Å²) in [6.45, 7) is 6.78. The van der Waals surface area contributed by atoms with E-state index in [1.165, 1.54) is 6.07 Å². The van der Waals surface area contributed by atoms with Crippen molar-refractivity contribution in [1.82, 2.24) is 0 Å². The van der Waals surface area contributed by atoms with E-state index in [1.807, 2.05) is 6.92 Å². The molecule has 18 heavy (non-hydrogen) atoms. The molecule has 96 valence electrons. The van der Waals surface area contributed by atoms with Gasteiger partial charge in [-0.3, -0.25) is 0 Å². The number of aliphatic carboxylic acids is 1. The Hall–Kier alpha value is -2.60. The number of carboxylic acids is 1. The van der Waals surface area contributed by atoms with Crippen molar-refractivity contribution in [3.05, 3.63) is 23.8 Å². The molecule has 0 aliphatic heterocycles. The Morgan fingerprint density at radius 2 is 1.89 bits per heavy atom. The fourth-order valence-electron chi connectivity index (χ4n) is 0.635. The van der Waals surface area contributed by atoms with Crippen LogP contribution in [0.3, 0.4) is 0 Å². The quantitative estimate of drug-likeness (QED) is 0.460. The maximum Gasteiger partial charge on any atom is 0.348 e. The van der Waals surface area contributed by atoms with E-state index in [9.17, 15) is 9.59 Å². The van der Waals surface area contributed by atoms with Crippen LogP contribution in [-0.4, -0.2) is 23.7 Å². The maximum absolute atomic E-state index is 10.9. The predicted octanol–water partition coefficient (Wildman–Crippen LogP) is 1.56. The minimum Gasteiger partial charge on any atom is -0.477 e. The van der Waals surface area contributed by atoms with Crippen molar-refractivity contribution in [1.29, 1.82) is 10.5 Å². The summed E-state index contributed by atoms with van der Waals surface area (Å²) in [5, 5.41) is 24.1. The number of hydrogen-bond acceptors (Lipinski definition) is 5. The summed E-state index contributed by atoms with van der Waals surface area (Å²) in [7, 11) is 0. The largest absolute Gasteiger partial charge is 0.477 e. The Labute approximate surface area is 105 Å². The Balaban J connectivity index is 0. The summed E-state index contributed by atoms with van der Waals surface area (Å²) in [6, 6.07) is 3.14. The number of esters is 1. The molecule has 0 bridgehead atoms. The van der Waals surface area contributed by atoms with Gasteiger partial charge in [-0.1, -0.05) is 19.6 Å². The van der Waals surface area contributed by atoms with Crippen LogP contribution in [0.5, 0.6) is 0 Å². The zero-order chi connectivity index (χ0) is 14.6. The van der Waals surface area contributed by atoms with Crippen molar-refractivity contribution in [3.8, 4) is 12.1 Å². The van der Waals surface area contributed by atoms with Crippen LogP contribution < -0.4 is 0 Å². The normalized spacial score (nSPS) is 9.00. The molecule has 0 saturated carbocycles. The first kappa shape index (κ1) is 17.8. The van der Waals surface area contributed by atoms with Crippen molar-refractivity contribution in [2.24, 2.45) is 0 Å². The lowest BCUT2D eigenvalue weighted by atomic mass is 10.2. The van der Waals surface area contributed by atoms with E-state index >= 15 is 0 Å². The van der Waals surface area contributed by atoms with Gasteiger partial charge < -0.3 is 9.84 Å². The lowest BCUT2D eigenvalue weighted by Gasteiger charge is -1.97. The number of ether oxygens (including phenoxy) is 1. The number of carbonyl (C=O) groups excluding carboxylic acids is 1. The van der Waals surface area contributed by atoms with E-state index < -0.39 is 17.5 Å². The number of nitriles is 2. The highest BCUT2D eigenvalue weighted by molar-refractivity contribution is 5.92. The molecular formula is C12H14N2O4. The first-order valence-electron chi connectivity index (χ1n) is 5.04. The first-order chi connectivity index (χ1) is 8.44. The van der Waals surface area contributed by atoms with Gasteiger partial charge in [0, 0.05) is 0 Å². The highest BCUT2D eigenvalue weighted by Crippen LogP contribution is 1.97. The lowest BCUT2D eigenvalue weighted by molar-refractivity contribution is -0.138. The van der Waals surface area contributed by atoms with E-state index in [4.69, 9.17) is 15.6 Å². The molecule has 6 nitrogen and oxygen atoms in total. The standard InChI is InChI=1S/C8H11NO2.C4H3NO2/c1-3-5-7(6-9)8(10)11-4-2;1-3(2-5)4(6)7/h5H,3-4H2,1-2H3;1H2,(H,6,7). The van der Waals surface area contributed by atoms with Crippen molar-refractivity contribution < 1.29 is 19.4 Å². The summed E-state index contributed by atoms with van der Waals surface area (Å²) in [5.74, 6) is -1.79. The zero-order valence-corrected chi connectivity index (χ0v) is 10.3. The van der Waals surface area contributed by atoms with E-state index in [0.717, 1.165) is 0 Å². The molecule has 0 aromatic rings. The maximum atomic E-state index is 10.9. The van der Waals surface area contributed by atoms with Crippen molar-refractivity contribution in [3.63, 3.8) is 0 Å². The molecule has 1 N–H and O–H groups in total. The summed E-state index contributed by atoms with van der Waals surface area (Å²) >= 11 is 0. The number of carbonyl (C=O) groups is 2. The number of rotatable bonds is 4. The molecule has 0 aromatic carbocycles. The molecule has 6 heteroatoms. The average Bonchev–Trinajstić information content (AvgIpc) is 2.35. The second-order valence-corrected chi connectivity index (χ2v) is 2.75. The number of allylic oxidation sites excluding steroid dienone is 1.